The molecule has 0 saturated carbocycles. The van der Waals surface area contributed by atoms with Gasteiger partial charge in [-0.25, -0.2) is 4.79 Å². The summed E-state index contributed by atoms with van der Waals surface area (Å²) in [6, 6.07) is 3.02. The van der Waals surface area contributed by atoms with Crippen LogP contribution < -0.4 is 15.2 Å². The second-order valence-electron chi connectivity index (χ2n) is 8.63. The maximum atomic E-state index is 12.3. The van der Waals surface area contributed by atoms with E-state index in [1.165, 1.54) is 18.2 Å². The number of nitrogens with two attached hydrogens (primary N) is 1. The third-order valence-corrected chi connectivity index (χ3v) is 4.89. The van der Waals surface area contributed by atoms with Crippen LogP contribution in [0.4, 0.5) is 4.79 Å². The van der Waals surface area contributed by atoms with Crippen molar-refractivity contribution in [3.05, 3.63) is 23.8 Å². The van der Waals surface area contributed by atoms with Crippen LogP contribution in [0.3, 0.4) is 0 Å². The molecule has 0 aliphatic heterocycles. The van der Waals surface area contributed by atoms with Gasteiger partial charge >= 0.3 is 24.1 Å². The molecule has 1 rings (SSSR count). The van der Waals surface area contributed by atoms with Crippen molar-refractivity contribution in [2.75, 3.05) is 13.2 Å². The highest BCUT2D eigenvalue weighted by Crippen LogP contribution is 2.36. The lowest BCUT2D eigenvalue weighted by molar-refractivity contribution is -0.140. The van der Waals surface area contributed by atoms with Gasteiger partial charge in [-0.3, -0.25) is 14.4 Å². The molecular weight excluding hydrogens is 446 g/mol. The molecule has 1 aromatic rings. The zero-order valence-corrected chi connectivity index (χ0v) is 20.5. The fourth-order valence-electron chi connectivity index (χ4n) is 2.92. The molecule has 190 valence electrons. The van der Waals surface area contributed by atoms with Crippen molar-refractivity contribution in [3.8, 4) is 11.5 Å². The van der Waals surface area contributed by atoms with E-state index in [1.54, 1.807) is 34.6 Å². The van der Waals surface area contributed by atoms with Gasteiger partial charge in [-0.2, -0.15) is 0 Å². The zero-order chi connectivity index (χ0) is 26.0. The van der Waals surface area contributed by atoms with E-state index in [9.17, 15) is 24.3 Å². The van der Waals surface area contributed by atoms with Crippen LogP contribution in [0.5, 0.6) is 11.5 Å². The molecule has 0 aliphatic rings. The van der Waals surface area contributed by atoms with Gasteiger partial charge in [-0.15, -0.1) is 0 Å². The Morgan fingerprint density at radius 2 is 1.47 bits per heavy atom. The molecule has 10 nitrogen and oxygen atoms in total. The van der Waals surface area contributed by atoms with Gasteiger partial charge in [0.2, 0.25) is 0 Å². The predicted molar refractivity (Wildman–Crippen MR) is 122 cm³/mol. The second kappa shape index (κ2) is 13.5. The lowest BCUT2D eigenvalue weighted by atomic mass is 9.82. The van der Waals surface area contributed by atoms with Crippen molar-refractivity contribution in [2.24, 2.45) is 23.5 Å². The Morgan fingerprint density at radius 3 is 1.97 bits per heavy atom. The standard InChI is InChI=1S/C24H35NO9/c1-7-10-31-24(30)32-12-15(6)19(20(25)21(26)27)16-8-9-17(33-22(28)13(2)3)18(11-16)34-23(29)14(4)5/h8-9,11,13-15,19-20H,7,10,12,25H2,1-6H3,(H,26,27)/t15?,19?,20-/m0/s1. The van der Waals surface area contributed by atoms with Crippen LogP contribution in [-0.2, 0) is 23.9 Å². The summed E-state index contributed by atoms with van der Waals surface area (Å²) < 4.78 is 20.8. The fourth-order valence-corrected chi connectivity index (χ4v) is 2.92. The summed E-state index contributed by atoms with van der Waals surface area (Å²) in [5.41, 5.74) is 6.38. The normalized spacial score (nSPS) is 13.7. The van der Waals surface area contributed by atoms with Crippen LogP contribution in [0.1, 0.15) is 59.4 Å². The number of ether oxygens (including phenoxy) is 4. The molecule has 3 N–H and O–H groups in total. The molecule has 0 saturated heterocycles. The van der Waals surface area contributed by atoms with E-state index >= 15 is 0 Å². The minimum atomic E-state index is -1.36. The van der Waals surface area contributed by atoms with Crippen LogP contribution in [0.2, 0.25) is 0 Å². The zero-order valence-electron chi connectivity index (χ0n) is 20.5. The molecule has 0 fully saturated rings. The SMILES string of the molecule is CCCOC(=O)OCC(C)C(c1ccc(OC(=O)C(C)C)c(OC(=O)C(C)C)c1)[C@H](N)C(=O)O. The quantitative estimate of drug-likeness (QED) is 0.335. The Balaban J connectivity index is 3.33. The molecule has 10 heteroatoms. The predicted octanol–water partition coefficient (Wildman–Crippen LogP) is 3.50. The number of carboxylic acids is 1. The highest BCUT2D eigenvalue weighted by Gasteiger charge is 2.33. The number of carboxylic acid groups (broad SMARTS) is 1. The molecule has 0 spiro atoms. The Morgan fingerprint density at radius 1 is 0.912 bits per heavy atom. The maximum Gasteiger partial charge on any atom is 0.508 e. The molecule has 0 heterocycles. The van der Waals surface area contributed by atoms with Crippen molar-refractivity contribution in [1.29, 1.82) is 0 Å². The average Bonchev–Trinajstić information content (AvgIpc) is 2.77. The highest BCUT2D eigenvalue weighted by atomic mass is 16.7. The number of carbonyl (C=O) groups is 4. The van der Waals surface area contributed by atoms with Crippen LogP contribution in [0.15, 0.2) is 18.2 Å². The van der Waals surface area contributed by atoms with Crippen molar-refractivity contribution in [3.63, 3.8) is 0 Å². The van der Waals surface area contributed by atoms with Crippen LogP contribution >= 0.6 is 0 Å². The number of hydrogen-bond donors (Lipinski definition) is 2. The smallest absolute Gasteiger partial charge is 0.480 e. The van der Waals surface area contributed by atoms with Gasteiger partial charge in [0.15, 0.2) is 11.5 Å². The van der Waals surface area contributed by atoms with Gasteiger partial charge in [0.05, 0.1) is 25.0 Å². The second-order valence-corrected chi connectivity index (χ2v) is 8.63. The summed E-state index contributed by atoms with van der Waals surface area (Å²) in [7, 11) is 0. The molecule has 0 aliphatic carbocycles. The summed E-state index contributed by atoms with van der Waals surface area (Å²) in [5, 5.41) is 9.57. The minimum Gasteiger partial charge on any atom is -0.480 e. The first-order chi connectivity index (χ1) is 15.9. The van der Waals surface area contributed by atoms with Gasteiger partial charge in [0, 0.05) is 5.92 Å². The Hall–Kier alpha value is -3.14. The third kappa shape index (κ3) is 8.66. The topological polar surface area (TPSA) is 151 Å². The Kier molecular flexibility index (Phi) is 11.5. The number of hydrogen-bond acceptors (Lipinski definition) is 9. The number of esters is 2. The van der Waals surface area contributed by atoms with E-state index in [4.69, 9.17) is 24.7 Å². The van der Waals surface area contributed by atoms with Crippen molar-refractivity contribution in [1.82, 2.24) is 0 Å². The molecule has 34 heavy (non-hydrogen) atoms. The van der Waals surface area contributed by atoms with E-state index in [1.807, 2.05) is 6.92 Å². The molecular formula is C24H35NO9. The molecule has 0 amide bonds. The maximum absolute atomic E-state index is 12.3. The van der Waals surface area contributed by atoms with Crippen LogP contribution in [0, 0.1) is 17.8 Å². The number of aliphatic carboxylic acids is 1. The molecule has 3 atom stereocenters. The van der Waals surface area contributed by atoms with Gasteiger partial charge < -0.3 is 29.8 Å². The first-order valence-corrected chi connectivity index (χ1v) is 11.2. The van der Waals surface area contributed by atoms with Crippen molar-refractivity contribution < 1.29 is 43.2 Å². The first-order valence-electron chi connectivity index (χ1n) is 11.2. The van der Waals surface area contributed by atoms with Crippen LogP contribution in [-0.4, -0.2) is 48.4 Å². The molecule has 0 aromatic heterocycles. The summed E-state index contributed by atoms with van der Waals surface area (Å²) in [6.07, 6.45) is -0.234. The Labute approximate surface area is 199 Å². The van der Waals surface area contributed by atoms with E-state index in [2.05, 4.69) is 0 Å². The third-order valence-electron chi connectivity index (χ3n) is 4.89. The summed E-state index contributed by atoms with van der Waals surface area (Å²) in [6.45, 7) is 10.2. The van der Waals surface area contributed by atoms with Gasteiger partial charge in [-0.05, 0) is 30.0 Å². The average molecular weight is 482 g/mol. The van der Waals surface area contributed by atoms with Gasteiger partial charge in [-0.1, -0.05) is 47.6 Å². The van der Waals surface area contributed by atoms with Crippen molar-refractivity contribution in [2.45, 2.75) is 59.9 Å². The lowest BCUT2D eigenvalue weighted by Gasteiger charge is -2.28. The van der Waals surface area contributed by atoms with E-state index in [0.717, 1.165) is 0 Å². The number of rotatable bonds is 12. The molecule has 2 unspecified atom stereocenters. The summed E-state index contributed by atoms with van der Waals surface area (Å²) >= 11 is 0. The van der Waals surface area contributed by atoms with E-state index in [-0.39, 0.29) is 24.7 Å². The largest absolute Gasteiger partial charge is 0.508 e. The summed E-state index contributed by atoms with van der Waals surface area (Å²) in [4.78, 5) is 47.8. The van der Waals surface area contributed by atoms with Crippen molar-refractivity contribution >= 4 is 24.1 Å². The minimum absolute atomic E-state index is 0.0196. The number of carbonyl (C=O) groups excluding carboxylic acids is 3. The fraction of sp³-hybridized carbons (Fsp3) is 0.583. The monoisotopic (exact) mass is 481 g/mol. The Bertz CT molecular complexity index is 866. The van der Waals surface area contributed by atoms with Crippen LogP contribution in [0.25, 0.3) is 0 Å². The van der Waals surface area contributed by atoms with Gasteiger partial charge in [0.25, 0.3) is 0 Å². The molecule has 0 bridgehead atoms. The van der Waals surface area contributed by atoms with E-state index in [0.29, 0.717) is 12.0 Å². The number of benzene rings is 1. The van der Waals surface area contributed by atoms with E-state index < -0.39 is 53.8 Å². The summed E-state index contributed by atoms with van der Waals surface area (Å²) in [5.74, 6) is -4.63. The molecule has 0 radical (unpaired) electrons. The van der Waals surface area contributed by atoms with Gasteiger partial charge in [0.1, 0.15) is 6.04 Å². The highest BCUT2D eigenvalue weighted by molar-refractivity contribution is 5.78. The lowest BCUT2D eigenvalue weighted by Crippen LogP contribution is -2.40. The first kappa shape index (κ1) is 28.9. The molecule has 1 aromatic carbocycles.